The number of rotatable bonds is 2. The Hall–Kier alpha value is -2.61. The topological polar surface area (TPSA) is 70.3 Å². The molecular formula is C17H17N5. The van der Waals surface area contributed by atoms with E-state index in [0.29, 0.717) is 12.3 Å². The van der Waals surface area contributed by atoms with Gasteiger partial charge in [0.25, 0.3) is 0 Å². The van der Waals surface area contributed by atoms with E-state index < -0.39 is 0 Å². The molecular weight excluding hydrogens is 274 g/mol. The Morgan fingerprint density at radius 2 is 2.27 bits per heavy atom. The zero-order valence-corrected chi connectivity index (χ0v) is 12.5. The van der Waals surface area contributed by atoms with Crippen molar-refractivity contribution in [1.29, 1.82) is 5.26 Å². The Morgan fingerprint density at radius 1 is 1.41 bits per heavy atom. The van der Waals surface area contributed by atoms with E-state index >= 15 is 0 Å². The van der Waals surface area contributed by atoms with Crippen LogP contribution in [0.15, 0.2) is 24.3 Å². The van der Waals surface area contributed by atoms with Gasteiger partial charge >= 0.3 is 0 Å². The Kier molecular flexibility index (Phi) is 2.97. The van der Waals surface area contributed by atoms with Crippen molar-refractivity contribution in [3.05, 3.63) is 41.2 Å². The Balaban J connectivity index is 1.86. The number of H-pyrrole nitrogens is 1. The first-order valence-electron chi connectivity index (χ1n) is 7.68. The smallest absolute Gasteiger partial charge is 0.229 e. The van der Waals surface area contributed by atoms with Gasteiger partial charge in [0.15, 0.2) is 0 Å². The number of nitrogens with one attached hydrogen (secondary N) is 1. The second kappa shape index (κ2) is 4.99. The van der Waals surface area contributed by atoms with Gasteiger partial charge in [0.05, 0.1) is 28.5 Å². The summed E-state index contributed by atoms with van der Waals surface area (Å²) in [6, 6.07) is 10.3. The molecule has 110 valence electrons. The number of aromatic nitrogens is 4. The van der Waals surface area contributed by atoms with Gasteiger partial charge < -0.3 is 4.98 Å². The summed E-state index contributed by atoms with van der Waals surface area (Å²) < 4.78 is 1.94. The lowest BCUT2D eigenvalue weighted by atomic mass is 9.83. The van der Waals surface area contributed by atoms with E-state index in [2.05, 4.69) is 16.0 Å². The van der Waals surface area contributed by atoms with Crippen LogP contribution in [0.1, 0.15) is 42.1 Å². The summed E-state index contributed by atoms with van der Waals surface area (Å²) in [6.45, 7) is 2.04. The first kappa shape index (κ1) is 13.1. The third-order valence-electron chi connectivity index (χ3n) is 4.50. The van der Waals surface area contributed by atoms with Crippen molar-refractivity contribution in [2.75, 3.05) is 0 Å². The number of aromatic amines is 1. The highest BCUT2D eigenvalue weighted by Crippen LogP contribution is 2.36. The molecule has 1 N–H and O–H groups in total. The molecule has 1 atom stereocenters. The summed E-state index contributed by atoms with van der Waals surface area (Å²) in [5.74, 6) is 1.08. The summed E-state index contributed by atoms with van der Waals surface area (Å²) in [5.41, 5.74) is 5.46. The fourth-order valence-corrected chi connectivity index (χ4v) is 3.55. The van der Waals surface area contributed by atoms with Gasteiger partial charge in [-0.15, -0.1) is 0 Å². The molecule has 22 heavy (non-hydrogen) atoms. The van der Waals surface area contributed by atoms with Crippen LogP contribution in [0.25, 0.3) is 17.0 Å². The molecule has 2 aromatic heterocycles. The van der Waals surface area contributed by atoms with Crippen molar-refractivity contribution in [2.24, 2.45) is 0 Å². The molecule has 0 saturated heterocycles. The van der Waals surface area contributed by atoms with Crippen LogP contribution >= 0.6 is 0 Å². The number of nitriles is 1. The molecule has 1 aliphatic rings. The van der Waals surface area contributed by atoms with Crippen LogP contribution in [0.4, 0.5) is 0 Å². The van der Waals surface area contributed by atoms with Gasteiger partial charge in [-0.05, 0) is 38.3 Å². The first-order valence-corrected chi connectivity index (χ1v) is 7.68. The zero-order chi connectivity index (χ0) is 15.1. The number of aryl methyl sites for hydroxylation is 1. The number of imidazole rings is 1. The van der Waals surface area contributed by atoms with Crippen molar-refractivity contribution in [3.63, 3.8) is 0 Å². The third-order valence-corrected chi connectivity index (χ3v) is 4.50. The molecule has 5 nitrogen and oxygen atoms in total. The predicted octanol–water partition coefficient (Wildman–Crippen LogP) is 3.39. The highest BCUT2D eigenvalue weighted by molar-refractivity contribution is 5.76. The summed E-state index contributed by atoms with van der Waals surface area (Å²) in [7, 11) is 0. The van der Waals surface area contributed by atoms with Gasteiger partial charge in [0.1, 0.15) is 0 Å². The van der Waals surface area contributed by atoms with Gasteiger partial charge in [0.2, 0.25) is 5.95 Å². The molecule has 1 unspecified atom stereocenters. The van der Waals surface area contributed by atoms with Crippen LogP contribution in [-0.2, 0) is 6.42 Å². The Labute approximate surface area is 128 Å². The molecule has 0 bridgehead atoms. The molecule has 0 amide bonds. The van der Waals surface area contributed by atoms with Crippen LogP contribution in [0.3, 0.4) is 0 Å². The van der Waals surface area contributed by atoms with Gasteiger partial charge in [-0.3, -0.25) is 0 Å². The fraction of sp³-hybridized carbons (Fsp3) is 0.353. The predicted molar refractivity (Wildman–Crippen MR) is 83.9 cm³/mol. The molecule has 4 rings (SSSR count). The van der Waals surface area contributed by atoms with E-state index in [1.54, 1.807) is 0 Å². The number of hydrogen-bond acceptors (Lipinski definition) is 3. The first-order chi connectivity index (χ1) is 10.8. The van der Waals surface area contributed by atoms with Gasteiger partial charge in [-0.1, -0.05) is 12.1 Å². The fourth-order valence-electron chi connectivity index (χ4n) is 3.55. The number of hydrogen-bond donors (Lipinski definition) is 1. The number of fused-ring (bicyclic) bond motifs is 2. The molecule has 3 aromatic rings. The van der Waals surface area contributed by atoms with Crippen molar-refractivity contribution in [3.8, 4) is 12.0 Å². The minimum absolute atomic E-state index is 0.312. The van der Waals surface area contributed by atoms with E-state index in [1.165, 1.54) is 11.3 Å². The quantitative estimate of drug-likeness (QED) is 0.786. The number of para-hydroxylation sites is 2. The molecule has 1 aromatic carbocycles. The highest BCUT2D eigenvalue weighted by atomic mass is 15.4. The van der Waals surface area contributed by atoms with Crippen molar-refractivity contribution < 1.29 is 0 Å². The molecule has 1 aliphatic carbocycles. The zero-order valence-electron chi connectivity index (χ0n) is 12.5. The van der Waals surface area contributed by atoms with Crippen molar-refractivity contribution in [2.45, 2.75) is 38.5 Å². The molecule has 5 heteroatoms. The minimum atomic E-state index is 0.312. The largest absolute Gasteiger partial charge is 0.322 e. The highest BCUT2D eigenvalue weighted by Gasteiger charge is 2.28. The lowest BCUT2D eigenvalue weighted by molar-refractivity contribution is 0.547. The van der Waals surface area contributed by atoms with E-state index in [4.69, 9.17) is 10.4 Å². The van der Waals surface area contributed by atoms with Gasteiger partial charge in [-0.2, -0.15) is 10.4 Å². The molecule has 0 radical (unpaired) electrons. The van der Waals surface area contributed by atoms with Crippen LogP contribution < -0.4 is 0 Å². The standard InChI is InChI=1S/C17H17N5/c1-11-16-12(9-10-18)5-4-8-15(16)22(21-11)17-19-13-6-2-3-7-14(13)20-17/h2-3,6-7,12H,4-5,8-9H2,1H3,(H,19,20). The molecule has 0 fully saturated rings. The lowest BCUT2D eigenvalue weighted by Crippen LogP contribution is -2.12. The average molecular weight is 291 g/mol. The van der Waals surface area contributed by atoms with Gasteiger partial charge in [-0.25, -0.2) is 9.67 Å². The van der Waals surface area contributed by atoms with E-state index in [-0.39, 0.29) is 0 Å². The lowest BCUT2D eigenvalue weighted by Gasteiger charge is -2.21. The number of nitrogens with zero attached hydrogens (tertiary/aromatic N) is 4. The third kappa shape index (κ3) is 1.92. The monoisotopic (exact) mass is 291 g/mol. The van der Waals surface area contributed by atoms with E-state index in [9.17, 15) is 0 Å². The minimum Gasteiger partial charge on any atom is -0.322 e. The maximum atomic E-state index is 9.06. The summed E-state index contributed by atoms with van der Waals surface area (Å²) in [4.78, 5) is 8.00. The van der Waals surface area contributed by atoms with Crippen molar-refractivity contribution in [1.82, 2.24) is 19.7 Å². The average Bonchev–Trinajstić information content (AvgIpc) is 3.09. The summed E-state index contributed by atoms with van der Waals surface area (Å²) >= 11 is 0. The van der Waals surface area contributed by atoms with Crippen LogP contribution in [0.5, 0.6) is 0 Å². The van der Waals surface area contributed by atoms with Crippen molar-refractivity contribution >= 4 is 11.0 Å². The normalized spacial score (nSPS) is 17.4. The van der Waals surface area contributed by atoms with Crippen LogP contribution in [0.2, 0.25) is 0 Å². The molecule has 0 aliphatic heterocycles. The molecule has 2 heterocycles. The van der Waals surface area contributed by atoms with Gasteiger partial charge in [0, 0.05) is 17.9 Å². The summed E-state index contributed by atoms with van der Waals surface area (Å²) in [6.07, 6.45) is 3.74. The maximum Gasteiger partial charge on any atom is 0.229 e. The van der Waals surface area contributed by atoms with E-state index in [0.717, 1.165) is 41.9 Å². The molecule has 0 saturated carbocycles. The van der Waals surface area contributed by atoms with Crippen LogP contribution in [0, 0.1) is 18.3 Å². The SMILES string of the molecule is Cc1nn(-c2nc3ccccc3[nH]2)c2c1C(CC#N)CCC2. The maximum absolute atomic E-state index is 9.06. The Bertz CT molecular complexity index is 847. The second-order valence-corrected chi connectivity index (χ2v) is 5.89. The summed E-state index contributed by atoms with van der Waals surface area (Å²) in [5, 5.41) is 13.8. The molecule has 0 spiro atoms. The van der Waals surface area contributed by atoms with E-state index in [1.807, 2.05) is 35.9 Å². The Morgan fingerprint density at radius 3 is 3.09 bits per heavy atom. The second-order valence-electron chi connectivity index (χ2n) is 5.89. The van der Waals surface area contributed by atoms with Crippen LogP contribution in [-0.4, -0.2) is 19.7 Å². The number of benzene rings is 1.